The van der Waals surface area contributed by atoms with E-state index in [1.54, 1.807) is 6.92 Å². The zero-order chi connectivity index (χ0) is 14.7. The van der Waals surface area contributed by atoms with Gasteiger partial charge in [0.05, 0.1) is 6.61 Å². The maximum Gasteiger partial charge on any atom is 0.341 e. The van der Waals surface area contributed by atoms with Gasteiger partial charge in [-0.15, -0.1) is 11.3 Å². The molecule has 1 aromatic heterocycles. The molecule has 0 spiro atoms. The Bertz CT molecular complexity index is 618. The van der Waals surface area contributed by atoms with Gasteiger partial charge in [-0.3, -0.25) is 0 Å². The Kier molecular flexibility index (Phi) is 4.42. The van der Waals surface area contributed by atoms with Crippen LogP contribution in [-0.4, -0.2) is 12.6 Å². The van der Waals surface area contributed by atoms with E-state index in [-0.39, 0.29) is 5.97 Å². The summed E-state index contributed by atoms with van der Waals surface area (Å²) in [5.74, 6) is 5.17. The highest BCUT2D eigenvalue weighted by Crippen LogP contribution is 2.39. The van der Waals surface area contributed by atoms with Gasteiger partial charge in [-0.25, -0.2) is 10.6 Å². The molecule has 0 radical (unpaired) electrons. The van der Waals surface area contributed by atoms with Crippen LogP contribution in [0, 0.1) is 13.8 Å². The first kappa shape index (κ1) is 14.6. The molecule has 2 rings (SSSR count). The molecule has 5 heteroatoms. The summed E-state index contributed by atoms with van der Waals surface area (Å²) in [6, 6.07) is 8.06. The number of aryl methyl sites for hydroxylation is 2. The summed E-state index contributed by atoms with van der Waals surface area (Å²) in [4.78, 5) is 13.2. The van der Waals surface area contributed by atoms with Crippen molar-refractivity contribution in [3.63, 3.8) is 0 Å². The minimum atomic E-state index is -0.347. The number of hydrogen-bond acceptors (Lipinski definition) is 5. The van der Waals surface area contributed by atoms with Crippen LogP contribution in [0.3, 0.4) is 0 Å². The molecule has 0 aliphatic rings. The molecule has 0 saturated heterocycles. The van der Waals surface area contributed by atoms with Crippen molar-refractivity contribution in [2.45, 2.75) is 20.8 Å². The van der Waals surface area contributed by atoms with Crippen LogP contribution in [0.25, 0.3) is 11.1 Å². The zero-order valence-electron chi connectivity index (χ0n) is 11.8. The number of benzene rings is 1. The number of nitrogen functional groups attached to an aromatic ring is 1. The monoisotopic (exact) mass is 290 g/mol. The molecule has 0 unspecified atom stereocenters. The van der Waals surface area contributed by atoms with Gasteiger partial charge in [0, 0.05) is 10.4 Å². The average molecular weight is 290 g/mol. The van der Waals surface area contributed by atoms with E-state index < -0.39 is 0 Å². The molecular formula is C15H18N2O2S. The minimum Gasteiger partial charge on any atom is -0.462 e. The lowest BCUT2D eigenvalue weighted by Crippen LogP contribution is -2.12. The fourth-order valence-corrected chi connectivity index (χ4v) is 3.09. The van der Waals surface area contributed by atoms with Crippen molar-refractivity contribution in [3.8, 4) is 11.1 Å². The Balaban J connectivity index is 2.59. The summed E-state index contributed by atoms with van der Waals surface area (Å²) >= 11 is 1.46. The summed E-state index contributed by atoms with van der Waals surface area (Å²) in [7, 11) is 0. The largest absolute Gasteiger partial charge is 0.462 e. The number of nitrogens with one attached hydrogen (secondary N) is 1. The number of carbonyl (C=O) groups is 1. The number of nitrogens with two attached hydrogens (primary N) is 1. The normalized spacial score (nSPS) is 10.4. The quantitative estimate of drug-likeness (QED) is 0.514. The molecule has 3 N–H and O–H groups in total. The summed E-state index contributed by atoms with van der Waals surface area (Å²) in [6.07, 6.45) is 0. The standard InChI is InChI=1S/C15H18N2O2S/c1-4-19-15(18)13-12(10(3)20-14(13)17-16)11-7-5-9(2)6-8-11/h5-8,17H,4,16H2,1-3H3. The van der Waals surface area contributed by atoms with E-state index in [2.05, 4.69) is 5.43 Å². The molecule has 0 aliphatic carbocycles. The van der Waals surface area contributed by atoms with Crippen LogP contribution >= 0.6 is 11.3 Å². The smallest absolute Gasteiger partial charge is 0.341 e. The Labute approximate surface area is 122 Å². The van der Waals surface area contributed by atoms with Crippen LogP contribution in [0.4, 0.5) is 5.00 Å². The van der Waals surface area contributed by atoms with E-state index in [0.29, 0.717) is 17.2 Å². The molecule has 106 valence electrons. The van der Waals surface area contributed by atoms with Crippen molar-refractivity contribution in [1.82, 2.24) is 0 Å². The first-order valence-corrected chi connectivity index (χ1v) is 7.24. The maximum atomic E-state index is 12.2. The summed E-state index contributed by atoms with van der Waals surface area (Å²) in [6.45, 7) is 6.14. The Morgan fingerprint density at radius 3 is 2.50 bits per heavy atom. The molecule has 4 nitrogen and oxygen atoms in total. The van der Waals surface area contributed by atoms with Crippen molar-refractivity contribution in [3.05, 3.63) is 40.3 Å². The van der Waals surface area contributed by atoms with Gasteiger partial charge in [-0.1, -0.05) is 29.8 Å². The van der Waals surface area contributed by atoms with E-state index in [9.17, 15) is 4.79 Å². The third kappa shape index (κ3) is 2.69. The molecule has 0 fully saturated rings. The van der Waals surface area contributed by atoms with E-state index in [1.807, 2.05) is 38.1 Å². The minimum absolute atomic E-state index is 0.338. The highest BCUT2D eigenvalue weighted by atomic mass is 32.1. The maximum absolute atomic E-state index is 12.2. The third-order valence-electron chi connectivity index (χ3n) is 3.04. The number of thiophene rings is 1. The first-order chi connectivity index (χ1) is 9.58. The van der Waals surface area contributed by atoms with Crippen LogP contribution in [0.15, 0.2) is 24.3 Å². The van der Waals surface area contributed by atoms with Crippen LogP contribution in [0.2, 0.25) is 0 Å². The fraction of sp³-hybridized carbons (Fsp3) is 0.267. The second-order valence-electron chi connectivity index (χ2n) is 4.47. The van der Waals surface area contributed by atoms with Crippen molar-refractivity contribution in [1.29, 1.82) is 0 Å². The average Bonchev–Trinajstić information content (AvgIpc) is 2.77. The van der Waals surface area contributed by atoms with Gasteiger partial charge in [0.25, 0.3) is 0 Å². The lowest BCUT2D eigenvalue weighted by Gasteiger charge is -2.08. The summed E-state index contributed by atoms with van der Waals surface area (Å²) in [5, 5.41) is 0.636. The lowest BCUT2D eigenvalue weighted by atomic mass is 10.0. The highest BCUT2D eigenvalue weighted by Gasteiger charge is 2.23. The molecule has 0 aliphatic heterocycles. The van der Waals surface area contributed by atoms with Gasteiger partial charge >= 0.3 is 5.97 Å². The molecule has 0 atom stereocenters. The molecule has 1 heterocycles. The fourth-order valence-electron chi connectivity index (χ4n) is 2.11. The van der Waals surface area contributed by atoms with Gasteiger partial charge in [0.1, 0.15) is 10.6 Å². The second-order valence-corrected chi connectivity index (χ2v) is 5.69. The predicted molar refractivity (Wildman–Crippen MR) is 83.0 cm³/mol. The van der Waals surface area contributed by atoms with Gasteiger partial charge in [-0.05, 0) is 26.3 Å². The predicted octanol–water partition coefficient (Wildman–Crippen LogP) is 3.49. The number of hydrogen-bond donors (Lipinski definition) is 2. The van der Waals surface area contributed by atoms with Crippen molar-refractivity contribution < 1.29 is 9.53 Å². The Hall–Kier alpha value is -1.85. The zero-order valence-corrected chi connectivity index (χ0v) is 12.6. The van der Waals surface area contributed by atoms with Crippen LogP contribution in [0.1, 0.15) is 27.7 Å². The number of esters is 1. The summed E-state index contributed by atoms with van der Waals surface area (Å²) in [5.41, 5.74) is 6.17. The molecule has 1 aromatic carbocycles. The molecular weight excluding hydrogens is 272 g/mol. The summed E-state index contributed by atoms with van der Waals surface area (Å²) < 4.78 is 5.14. The van der Waals surface area contributed by atoms with Crippen molar-refractivity contribution >= 4 is 22.3 Å². The van der Waals surface area contributed by atoms with E-state index in [1.165, 1.54) is 16.9 Å². The molecule has 20 heavy (non-hydrogen) atoms. The molecule has 0 amide bonds. The number of carbonyl (C=O) groups excluding carboxylic acids is 1. The second kappa shape index (κ2) is 6.07. The van der Waals surface area contributed by atoms with Gasteiger partial charge in [0.15, 0.2) is 0 Å². The Morgan fingerprint density at radius 1 is 1.30 bits per heavy atom. The van der Waals surface area contributed by atoms with Crippen LogP contribution < -0.4 is 11.3 Å². The van der Waals surface area contributed by atoms with Gasteiger partial charge < -0.3 is 10.2 Å². The van der Waals surface area contributed by atoms with E-state index in [0.717, 1.165) is 16.0 Å². The topological polar surface area (TPSA) is 64.3 Å². The van der Waals surface area contributed by atoms with Crippen LogP contribution in [0.5, 0.6) is 0 Å². The van der Waals surface area contributed by atoms with E-state index in [4.69, 9.17) is 10.6 Å². The number of rotatable bonds is 4. The highest BCUT2D eigenvalue weighted by molar-refractivity contribution is 7.17. The lowest BCUT2D eigenvalue weighted by molar-refractivity contribution is 0.0529. The number of hydrazine groups is 1. The number of anilines is 1. The van der Waals surface area contributed by atoms with Crippen LogP contribution in [-0.2, 0) is 4.74 Å². The first-order valence-electron chi connectivity index (χ1n) is 6.42. The third-order valence-corrected chi connectivity index (χ3v) is 4.07. The SMILES string of the molecule is CCOC(=O)c1c(NN)sc(C)c1-c1ccc(C)cc1. The molecule has 0 bridgehead atoms. The number of ether oxygens (including phenoxy) is 1. The van der Waals surface area contributed by atoms with Crippen molar-refractivity contribution in [2.24, 2.45) is 5.84 Å². The molecule has 0 saturated carbocycles. The van der Waals surface area contributed by atoms with E-state index >= 15 is 0 Å². The van der Waals surface area contributed by atoms with Crippen molar-refractivity contribution in [2.75, 3.05) is 12.0 Å². The van der Waals surface area contributed by atoms with Gasteiger partial charge in [-0.2, -0.15) is 0 Å². The molecule has 2 aromatic rings. The van der Waals surface area contributed by atoms with Gasteiger partial charge in [0.2, 0.25) is 0 Å². The Morgan fingerprint density at radius 2 is 1.95 bits per heavy atom.